The molecule has 2 bridgehead atoms. The second-order valence-corrected chi connectivity index (χ2v) is 12.8. The van der Waals surface area contributed by atoms with Gasteiger partial charge in [0.25, 0.3) is 0 Å². The maximum absolute atomic E-state index is 14.4. The number of hydrogen-bond acceptors (Lipinski definition) is 7. The lowest BCUT2D eigenvalue weighted by molar-refractivity contribution is -0.143. The van der Waals surface area contributed by atoms with Crippen LogP contribution < -0.4 is 24.8 Å². The summed E-state index contributed by atoms with van der Waals surface area (Å²) in [5, 5.41) is 6.25. The highest BCUT2D eigenvalue weighted by Gasteiger charge is 2.73. The molecule has 0 unspecified atom stereocenters. The molecule has 0 radical (unpaired) electrons. The summed E-state index contributed by atoms with van der Waals surface area (Å²) in [5.41, 5.74) is -0.676. The SMILES string of the molecule is COc1ccc(NC(=O)[C@H]2[C@H]3C=C[C@@]4(O3)[C@H]2C(=O)N(C[C@@H]2COc3ccccc3O2)[C@@H]4C(=O)N[C@@H]2CCC[C@H](C)[C@H]2C)cc1. The third-order valence-corrected chi connectivity index (χ3v) is 10.3. The quantitative estimate of drug-likeness (QED) is 0.467. The number of amides is 3. The van der Waals surface area contributed by atoms with Crippen LogP contribution in [0.2, 0.25) is 0 Å². The van der Waals surface area contributed by atoms with Crippen molar-refractivity contribution >= 4 is 23.4 Å². The van der Waals surface area contributed by atoms with Crippen molar-refractivity contribution in [2.45, 2.75) is 63.0 Å². The summed E-state index contributed by atoms with van der Waals surface area (Å²) < 4.78 is 23.9. The number of para-hydroxylation sites is 2. The largest absolute Gasteiger partial charge is 0.497 e. The van der Waals surface area contributed by atoms with Gasteiger partial charge < -0.3 is 34.5 Å². The maximum Gasteiger partial charge on any atom is 0.246 e. The van der Waals surface area contributed by atoms with Crippen LogP contribution in [0.3, 0.4) is 0 Å². The van der Waals surface area contributed by atoms with Gasteiger partial charge in [0, 0.05) is 11.7 Å². The number of nitrogens with zero attached hydrogens (tertiary/aromatic N) is 1. The van der Waals surface area contributed by atoms with Crippen molar-refractivity contribution < 1.29 is 33.3 Å². The number of likely N-dealkylation sites (tertiary alicyclic amines) is 1. The lowest BCUT2D eigenvalue weighted by Gasteiger charge is -2.38. The highest BCUT2D eigenvalue weighted by Crippen LogP contribution is 2.55. The van der Waals surface area contributed by atoms with Crippen LogP contribution in [0, 0.1) is 23.7 Å². The predicted octanol–water partition coefficient (Wildman–Crippen LogP) is 3.57. The number of nitrogens with one attached hydrogen (secondary N) is 2. The molecule has 3 fully saturated rings. The number of methoxy groups -OCH3 is 1. The van der Waals surface area contributed by atoms with Crippen LogP contribution in [0.5, 0.6) is 17.2 Å². The molecule has 4 heterocycles. The zero-order valence-electron chi connectivity index (χ0n) is 25.2. The zero-order chi connectivity index (χ0) is 30.6. The normalized spacial score (nSPS) is 34.9. The molecule has 1 spiro atoms. The molecule has 3 amide bonds. The number of benzene rings is 2. The van der Waals surface area contributed by atoms with Gasteiger partial charge >= 0.3 is 0 Å². The molecular weight excluding hydrogens is 562 g/mol. The summed E-state index contributed by atoms with van der Waals surface area (Å²) in [6.45, 7) is 4.74. The smallest absolute Gasteiger partial charge is 0.246 e. The lowest BCUT2D eigenvalue weighted by atomic mass is 9.73. The van der Waals surface area contributed by atoms with Gasteiger partial charge in [-0.2, -0.15) is 0 Å². The number of hydrogen-bond donors (Lipinski definition) is 2. The summed E-state index contributed by atoms with van der Waals surface area (Å²) >= 11 is 0. The van der Waals surface area contributed by atoms with Crippen LogP contribution >= 0.6 is 0 Å². The van der Waals surface area contributed by atoms with Crippen LogP contribution in [0.1, 0.15) is 33.1 Å². The van der Waals surface area contributed by atoms with Gasteiger partial charge in [0.2, 0.25) is 17.7 Å². The van der Waals surface area contributed by atoms with E-state index in [0.29, 0.717) is 34.8 Å². The van der Waals surface area contributed by atoms with E-state index in [-0.39, 0.29) is 36.9 Å². The number of fused-ring (bicyclic) bond motifs is 2. The topological polar surface area (TPSA) is 115 Å². The maximum atomic E-state index is 14.4. The van der Waals surface area contributed by atoms with Crippen molar-refractivity contribution in [3.05, 3.63) is 60.7 Å². The van der Waals surface area contributed by atoms with Crippen molar-refractivity contribution in [3.8, 4) is 17.2 Å². The van der Waals surface area contributed by atoms with Crippen molar-refractivity contribution in [3.63, 3.8) is 0 Å². The Hall–Kier alpha value is -4.05. The Labute approximate surface area is 257 Å². The Kier molecular flexibility index (Phi) is 7.27. The molecule has 7 rings (SSSR count). The Morgan fingerprint density at radius 3 is 2.59 bits per heavy atom. The molecule has 9 atom stereocenters. The number of carbonyl (C=O) groups excluding carboxylic acids is 3. The van der Waals surface area contributed by atoms with E-state index in [1.54, 1.807) is 36.3 Å². The Balaban J connectivity index is 1.18. The second kappa shape index (κ2) is 11.1. The molecule has 0 aromatic heterocycles. The Morgan fingerprint density at radius 1 is 1.05 bits per heavy atom. The van der Waals surface area contributed by atoms with Crippen LogP contribution in [-0.2, 0) is 19.1 Å². The molecule has 2 aromatic rings. The fourth-order valence-electron chi connectivity index (χ4n) is 7.78. The highest BCUT2D eigenvalue weighted by atomic mass is 16.6. The average Bonchev–Trinajstić information content (AvgIpc) is 3.67. The van der Waals surface area contributed by atoms with E-state index in [4.69, 9.17) is 18.9 Å². The standard InChI is InChI=1S/C34H39N3O7/c1-19-7-6-8-24(20(19)2)36-32(39)30-34-16-15-27(44-34)28(31(38)35-21-11-13-22(41-3)14-12-21)29(34)33(40)37(30)17-23-18-42-25-9-4-5-10-26(25)43-23/h4-5,9-16,19-20,23-24,27-30H,6-8,17-18H2,1-3H3,(H,35,38)(H,36,39)/t19-,20+,23+,24+,27+,28-,29+,30+,34+/m0/s1. The first-order valence-corrected chi connectivity index (χ1v) is 15.6. The van der Waals surface area contributed by atoms with Gasteiger partial charge in [-0.3, -0.25) is 14.4 Å². The molecule has 232 valence electrons. The Morgan fingerprint density at radius 2 is 1.82 bits per heavy atom. The molecule has 4 aliphatic heterocycles. The fourth-order valence-corrected chi connectivity index (χ4v) is 7.78. The predicted molar refractivity (Wildman–Crippen MR) is 161 cm³/mol. The minimum atomic E-state index is -1.26. The fraction of sp³-hybridized carbons (Fsp3) is 0.500. The molecule has 2 saturated heterocycles. The summed E-state index contributed by atoms with van der Waals surface area (Å²) in [4.78, 5) is 44.1. The highest BCUT2D eigenvalue weighted by molar-refractivity contribution is 6.02. The van der Waals surface area contributed by atoms with Gasteiger partial charge in [-0.25, -0.2) is 0 Å². The number of anilines is 1. The molecule has 1 aliphatic carbocycles. The average molecular weight is 602 g/mol. The first-order valence-electron chi connectivity index (χ1n) is 15.6. The van der Waals surface area contributed by atoms with E-state index < -0.39 is 35.7 Å². The molecule has 10 nitrogen and oxygen atoms in total. The third kappa shape index (κ3) is 4.70. The molecular formula is C34H39N3O7. The molecule has 1 saturated carbocycles. The number of ether oxygens (including phenoxy) is 4. The van der Waals surface area contributed by atoms with Crippen molar-refractivity contribution in [1.29, 1.82) is 0 Å². The molecule has 10 heteroatoms. The molecule has 44 heavy (non-hydrogen) atoms. The minimum absolute atomic E-state index is 0.00320. The van der Waals surface area contributed by atoms with E-state index in [9.17, 15) is 14.4 Å². The number of carbonyl (C=O) groups is 3. The summed E-state index contributed by atoms with van der Waals surface area (Å²) in [7, 11) is 1.58. The molecule has 2 aromatic carbocycles. The minimum Gasteiger partial charge on any atom is -0.497 e. The molecule has 2 N–H and O–H groups in total. The summed E-state index contributed by atoms with van der Waals surface area (Å²) in [5.74, 6) is 0.156. The van der Waals surface area contributed by atoms with E-state index >= 15 is 0 Å². The second-order valence-electron chi connectivity index (χ2n) is 12.8. The van der Waals surface area contributed by atoms with E-state index in [2.05, 4.69) is 24.5 Å². The van der Waals surface area contributed by atoms with Gasteiger partial charge in [-0.15, -0.1) is 0 Å². The first kappa shape index (κ1) is 28.7. The van der Waals surface area contributed by atoms with E-state index in [0.717, 1.165) is 19.3 Å². The Bertz CT molecular complexity index is 1480. The van der Waals surface area contributed by atoms with Gasteiger partial charge in [0.05, 0.1) is 31.6 Å². The molecule has 5 aliphatic rings. The lowest BCUT2D eigenvalue weighted by Crippen LogP contribution is -2.59. The number of rotatable bonds is 7. The van der Waals surface area contributed by atoms with Crippen molar-refractivity contribution in [1.82, 2.24) is 10.2 Å². The zero-order valence-corrected chi connectivity index (χ0v) is 25.2. The van der Waals surface area contributed by atoms with Crippen LogP contribution in [0.4, 0.5) is 5.69 Å². The monoisotopic (exact) mass is 601 g/mol. The third-order valence-electron chi connectivity index (χ3n) is 10.3. The van der Waals surface area contributed by atoms with Crippen LogP contribution in [0.15, 0.2) is 60.7 Å². The van der Waals surface area contributed by atoms with Gasteiger partial charge in [-0.05, 0) is 54.7 Å². The van der Waals surface area contributed by atoms with E-state index in [1.165, 1.54) is 0 Å². The summed E-state index contributed by atoms with van der Waals surface area (Å²) in [6, 6.07) is 13.5. The van der Waals surface area contributed by atoms with E-state index in [1.807, 2.05) is 36.4 Å². The van der Waals surface area contributed by atoms with Crippen LogP contribution in [-0.4, -0.2) is 72.8 Å². The van der Waals surface area contributed by atoms with Gasteiger partial charge in [0.1, 0.15) is 24.0 Å². The van der Waals surface area contributed by atoms with Gasteiger partial charge in [0.15, 0.2) is 17.6 Å². The van der Waals surface area contributed by atoms with Gasteiger partial charge in [-0.1, -0.05) is 51.0 Å². The van der Waals surface area contributed by atoms with Crippen molar-refractivity contribution in [2.75, 3.05) is 25.6 Å². The van der Waals surface area contributed by atoms with Crippen LogP contribution in [0.25, 0.3) is 0 Å². The van der Waals surface area contributed by atoms with Crippen molar-refractivity contribution in [2.24, 2.45) is 23.7 Å². The summed E-state index contributed by atoms with van der Waals surface area (Å²) in [6.07, 6.45) is 5.60. The first-order chi connectivity index (χ1) is 21.3.